The zero-order valence-electron chi connectivity index (χ0n) is 8.86. The molecule has 3 rings (SSSR count). The van der Waals surface area contributed by atoms with Gasteiger partial charge in [-0.15, -0.1) is 0 Å². The molecule has 5 heteroatoms. The van der Waals surface area contributed by atoms with Crippen LogP contribution in [0.2, 0.25) is 0 Å². The van der Waals surface area contributed by atoms with E-state index in [0.29, 0.717) is 16.6 Å². The summed E-state index contributed by atoms with van der Waals surface area (Å²) in [5.41, 5.74) is 1.42. The van der Waals surface area contributed by atoms with E-state index in [2.05, 4.69) is 15.0 Å². The molecule has 1 fully saturated rings. The number of pyridine rings is 1. The number of aromatic amines is 1. The second-order valence-corrected chi connectivity index (χ2v) is 4.76. The fraction of sp³-hybridized carbons (Fsp3) is 0.364. The maximum absolute atomic E-state index is 11.8. The Labute approximate surface area is 96.5 Å². The number of thioether (sulfide) groups is 1. The van der Waals surface area contributed by atoms with Gasteiger partial charge in [0, 0.05) is 17.3 Å². The van der Waals surface area contributed by atoms with Gasteiger partial charge in [0.25, 0.3) is 5.56 Å². The van der Waals surface area contributed by atoms with Crippen LogP contribution in [0.3, 0.4) is 0 Å². The van der Waals surface area contributed by atoms with E-state index >= 15 is 0 Å². The molecule has 0 aliphatic heterocycles. The number of rotatable bonds is 2. The van der Waals surface area contributed by atoms with Crippen LogP contribution in [0.15, 0.2) is 22.2 Å². The molecule has 0 unspecified atom stereocenters. The summed E-state index contributed by atoms with van der Waals surface area (Å²) in [6.07, 6.45) is 5.97. The summed E-state index contributed by atoms with van der Waals surface area (Å²) >= 11 is 1.44. The molecule has 0 spiro atoms. The number of H-pyrrole nitrogens is 1. The molecule has 1 saturated carbocycles. The van der Waals surface area contributed by atoms with Gasteiger partial charge in [0.2, 0.25) is 0 Å². The molecular weight excluding hydrogens is 222 g/mol. The van der Waals surface area contributed by atoms with Crippen molar-refractivity contribution in [3.05, 3.63) is 28.3 Å². The molecular formula is C11H11N3OS. The Kier molecular flexibility index (Phi) is 2.21. The molecule has 0 radical (unpaired) electrons. The van der Waals surface area contributed by atoms with Gasteiger partial charge in [0.1, 0.15) is 5.52 Å². The number of hydrogen-bond donors (Lipinski definition) is 1. The molecule has 1 aliphatic rings. The SMILES string of the molecule is CSc1ncc2cc(C3CC3)[nH]c(=O)c2n1. The van der Waals surface area contributed by atoms with E-state index in [1.54, 1.807) is 6.20 Å². The molecule has 0 aromatic carbocycles. The molecule has 2 aromatic rings. The lowest BCUT2D eigenvalue weighted by molar-refractivity contribution is 0.970. The molecule has 82 valence electrons. The highest BCUT2D eigenvalue weighted by Crippen LogP contribution is 2.38. The van der Waals surface area contributed by atoms with Crippen LogP contribution in [-0.2, 0) is 0 Å². The molecule has 2 aromatic heterocycles. The predicted octanol–water partition coefficient (Wildman–Crippen LogP) is 1.92. The first-order valence-electron chi connectivity index (χ1n) is 5.22. The van der Waals surface area contributed by atoms with Crippen LogP contribution in [0.25, 0.3) is 10.9 Å². The number of nitrogens with one attached hydrogen (secondary N) is 1. The van der Waals surface area contributed by atoms with Crippen LogP contribution in [-0.4, -0.2) is 21.2 Å². The minimum absolute atomic E-state index is 0.0999. The molecule has 16 heavy (non-hydrogen) atoms. The van der Waals surface area contributed by atoms with E-state index in [9.17, 15) is 4.79 Å². The first-order chi connectivity index (χ1) is 7.78. The van der Waals surface area contributed by atoms with Crippen molar-refractivity contribution in [3.63, 3.8) is 0 Å². The van der Waals surface area contributed by atoms with Gasteiger partial charge in [-0.1, -0.05) is 11.8 Å². The Bertz CT molecular complexity index is 604. The lowest BCUT2D eigenvalue weighted by atomic mass is 10.2. The quantitative estimate of drug-likeness (QED) is 0.636. The first-order valence-corrected chi connectivity index (χ1v) is 6.44. The summed E-state index contributed by atoms with van der Waals surface area (Å²) in [5.74, 6) is 0.539. The van der Waals surface area contributed by atoms with Crippen molar-refractivity contribution in [3.8, 4) is 0 Å². The van der Waals surface area contributed by atoms with E-state index < -0.39 is 0 Å². The van der Waals surface area contributed by atoms with Gasteiger partial charge in [0.05, 0.1) is 0 Å². The molecule has 0 atom stereocenters. The molecule has 2 heterocycles. The molecule has 0 amide bonds. The zero-order valence-corrected chi connectivity index (χ0v) is 9.67. The third-order valence-electron chi connectivity index (χ3n) is 2.78. The lowest BCUT2D eigenvalue weighted by Gasteiger charge is -2.02. The van der Waals surface area contributed by atoms with Gasteiger partial charge < -0.3 is 4.98 Å². The maximum atomic E-state index is 11.8. The van der Waals surface area contributed by atoms with E-state index in [1.165, 1.54) is 24.6 Å². The van der Waals surface area contributed by atoms with E-state index in [0.717, 1.165) is 11.1 Å². The maximum Gasteiger partial charge on any atom is 0.274 e. The van der Waals surface area contributed by atoms with E-state index in [1.807, 2.05) is 12.3 Å². The smallest absolute Gasteiger partial charge is 0.274 e. The Balaban J connectivity index is 2.24. The van der Waals surface area contributed by atoms with E-state index in [4.69, 9.17) is 0 Å². The van der Waals surface area contributed by atoms with Gasteiger partial charge in [-0.25, -0.2) is 9.97 Å². The van der Waals surface area contributed by atoms with Crippen molar-refractivity contribution in [1.82, 2.24) is 15.0 Å². The highest BCUT2D eigenvalue weighted by molar-refractivity contribution is 7.98. The van der Waals surface area contributed by atoms with Crippen LogP contribution < -0.4 is 5.56 Å². The van der Waals surface area contributed by atoms with Gasteiger partial charge in [0.15, 0.2) is 5.16 Å². The van der Waals surface area contributed by atoms with Crippen molar-refractivity contribution < 1.29 is 0 Å². The van der Waals surface area contributed by atoms with Gasteiger partial charge in [-0.3, -0.25) is 4.79 Å². The highest BCUT2D eigenvalue weighted by Gasteiger charge is 2.25. The highest BCUT2D eigenvalue weighted by atomic mass is 32.2. The second kappa shape index (κ2) is 3.59. The predicted molar refractivity (Wildman–Crippen MR) is 63.9 cm³/mol. The minimum Gasteiger partial charge on any atom is -0.324 e. The van der Waals surface area contributed by atoms with Crippen molar-refractivity contribution >= 4 is 22.7 Å². The lowest BCUT2D eigenvalue weighted by Crippen LogP contribution is -2.11. The zero-order chi connectivity index (χ0) is 11.1. The number of nitrogens with zero attached hydrogens (tertiary/aromatic N) is 2. The number of fused-ring (bicyclic) bond motifs is 1. The Morgan fingerprint density at radius 3 is 3.00 bits per heavy atom. The third kappa shape index (κ3) is 1.61. The summed E-state index contributed by atoms with van der Waals surface area (Å²) < 4.78 is 0. The van der Waals surface area contributed by atoms with Crippen molar-refractivity contribution in [2.75, 3.05) is 6.26 Å². The van der Waals surface area contributed by atoms with E-state index in [-0.39, 0.29) is 5.56 Å². The van der Waals surface area contributed by atoms with Crippen molar-refractivity contribution in [2.24, 2.45) is 0 Å². The van der Waals surface area contributed by atoms with Crippen LogP contribution in [0, 0.1) is 0 Å². The standard InChI is InChI=1S/C11H11N3OS/c1-16-11-12-5-7-4-8(6-2-3-6)13-10(15)9(7)14-11/h4-6H,2-3H2,1H3,(H,13,15). The number of hydrogen-bond acceptors (Lipinski definition) is 4. The van der Waals surface area contributed by atoms with Gasteiger partial charge in [-0.05, 0) is 31.1 Å². The molecule has 4 nitrogen and oxygen atoms in total. The topological polar surface area (TPSA) is 58.6 Å². The molecule has 0 saturated heterocycles. The molecule has 0 bridgehead atoms. The second-order valence-electron chi connectivity index (χ2n) is 3.99. The van der Waals surface area contributed by atoms with Crippen LogP contribution in [0.1, 0.15) is 24.5 Å². The summed E-state index contributed by atoms with van der Waals surface area (Å²) in [7, 11) is 0. The summed E-state index contributed by atoms with van der Waals surface area (Å²) in [6.45, 7) is 0. The Morgan fingerprint density at radius 1 is 1.50 bits per heavy atom. The Morgan fingerprint density at radius 2 is 2.31 bits per heavy atom. The molecule has 1 N–H and O–H groups in total. The van der Waals surface area contributed by atoms with Crippen molar-refractivity contribution in [2.45, 2.75) is 23.9 Å². The normalized spacial score (nSPS) is 15.6. The third-order valence-corrected chi connectivity index (χ3v) is 3.34. The van der Waals surface area contributed by atoms with Crippen LogP contribution in [0.5, 0.6) is 0 Å². The summed E-state index contributed by atoms with van der Waals surface area (Å²) in [5, 5.41) is 1.47. The largest absolute Gasteiger partial charge is 0.324 e. The summed E-state index contributed by atoms with van der Waals surface area (Å²) in [6, 6.07) is 2.00. The average Bonchev–Trinajstić information content (AvgIpc) is 3.12. The van der Waals surface area contributed by atoms with Crippen LogP contribution in [0.4, 0.5) is 0 Å². The van der Waals surface area contributed by atoms with Crippen LogP contribution >= 0.6 is 11.8 Å². The van der Waals surface area contributed by atoms with Crippen molar-refractivity contribution in [1.29, 1.82) is 0 Å². The van der Waals surface area contributed by atoms with Gasteiger partial charge >= 0.3 is 0 Å². The summed E-state index contributed by atoms with van der Waals surface area (Å²) in [4.78, 5) is 23.2. The number of aromatic nitrogens is 3. The first kappa shape index (κ1) is 9.84. The molecule has 1 aliphatic carbocycles. The van der Waals surface area contributed by atoms with Gasteiger partial charge in [-0.2, -0.15) is 0 Å². The Hall–Kier alpha value is -1.36. The fourth-order valence-electron chi connectivity index (χ4n) is 1.77. The minimum atomic E-state index is -0.0999. The fourth-order valence-corrected chi connectivity index (χ4v) is 2.11. The average molecular weight is 233 g/mol. The monoisotopic (exact) mass is 233 g/mol.